The topological polar surface area (TPSA) is 67.0 Å². The third-order valence-corrected chi connectivity index (χ3v) is 2.34. The maximum absolute atomic E-state index is 11.6. The first-order valence-corrected chi connectivity index (χ1v) is 5.21. The van der Waals surface area contributed by atoms with Crippen molar-refractivity contribution in [2.75, 3.05) is 11.9 Å². The highest BCUT2D eigenvalue weighted by Gasteiger charge is 2.26. The van der Waals surface area contributed by atoms with E-state index in [-0.39, 0.29) is 5.97 Å². The zero-order valence-corrected chi connectivity index (χ0v) is 8.96. The first kappa shape index (κ1) is 10.0. The van der Waals surface area contributed by atoms with Crippen LogP contribution in [0.2, 0.25) is 0 Å². The van der Waals surface area contributed by atoms with Crippen LogP contribution in [-0.2, 0) is 4.74 Å². The van der Waals surface area contributed by atoms with E-state index in [2.05, 4.69) is 15.5 Å². The largest absolute Gasteiger partial charge is 0.462 e. The number of anilines is 1. The van der Waals surface area contributed by atoms with Crippen molar-refractivity contribution in [3.8, 4) is 0 Å². The minimum atomic E-state index is -0.313. The van der Waals surface area contributed by atoms with Crippen LogP contribution >= 0.6 is 0 Å². The number of ether oxygens (including phenoxy) is 1. The zero-order chi connectivity index (χ0) is 10.8. The number of esters is 1. The Bertz CT molecular complexity index is 369. The Kier molecular flexibility index (Phi) is 2.62. The van der Waals surface area contributed by atoms with Gasteiger partial charge in [-0.1, -0.05) is 0 Å². The van der Waals surface area contributed by atoms with E-state index in [4.69, 9.17) is 4.74 Å². The average molecular weight is 209 g/mol. The van der Waals surface area contributed by atoms with E-state index in [0.29, 0.717) is 24.0 Å². The summed E-state index contributed by atoms with van der Waals surface area (Å²) in [4.78, 5) is 11.6. The summed E-state index contributed by atoms with van der Waals surface area (Å²) in [5, 5.41) is 10.1. The molecule has 5 heteroatoms. The van der Waals surface area contributed by atoms with Crippen LogP contribution in [0.15, 0.2) is 0 Å². The quantitative estimate of drug-likeness (QED) is 0.737. The molecule has 0 aromatic carbocycles. The SMILES string of the molecule is CCOC(=O)c1c(NC2CC2)n[nH]c1C. The molecule has 1 aromatic rings. The summed E-state index contributed by atoms with van der Waals surface area (Å²) < 4.78 is 4.97. The molecule has 1 fully saturated rings. The molecule has 0 amide bonds. The average Bonchev–Trinajstić information content (AvgIpc) is 2.91. The minimum Gasteiger partial charge on any atom is -0.462 e. The summed E-state index contributed by atoms with van der Waals surface area (Å²) in [7, 11) is 0. The normalized spacial score (nSPS) is 15.1. The van der Waals surface area contributed by atoms with Gasteiger partial charge in [0.2, 0.25) is 0 Å². The fourth-order valence-electron chi connectivity index (χ4n) is 1.41. The third kappa shape index (κ3) is 2.11. The van der Waals surface area contributed by atoms with E-state index >= 15 is 0 Å². The fraction of sp³-hybridized carbons (Fsp3) is 0.600. The molecule has 0 bridgehead atoms. The number of hydrogen-bond acceptors (Lipinski definition) is 4. The summed E-state index contributed by atoms with van der Waals surface area (Å²) >= 11 is 0. The van der Waals surface area contributed by atoms with E-state index in [1.165, 1.54) is 0 Å². The lowest BCUT2D eigenvalue weighted by atomic mass is 10.2. The highest BCUT2D eigenvalue weighted by molar-refractivity contribution is 5.96. The summed E-state index contributed by atoms with van der Waals surface area (Å²) in [6.45, 7) is 3.99. The number of rotatable bonds is 4. The van der Waals surface area contributed by atoms with Gasteiger partial charge in [0, 0.05) is 11.7 Å². The Labute approximate surface area is 88.2 Å². The van der Waals surface area contributed by atoms with Crippen LogP contribution in [0.4, 0.5) is 5.82 Å². The summed E-state index contributed by atoms with van der Waals surface area (Å²) in [5.74, 6) is 0.306. The molecule has 5 nitrogen and oxygen atoms in total. The molecule has 0 saturated heterocycles. The van der Waals surface area contributed by atoms with Crippen molar-refractivity contribution in [3.05, 3.63) is 11.3 Å². The molecule has 1 aliphatic rings. The molecule has 2 N–H and O–H groups in total. The number of hydrogen-bond donors (Lipinski definition) is 2. The van der Waals surface area contributed by atoms with Gasteiger partial charge in [-0.3, -0.25) is 5.10 Å². The first-order valence-electron chi connectivity index (χ1n) is 5.21. The molecule has 15 heavy (non-hydrogen) atoms. The van der Waals surface area contributed by atoms with Crippen LogP contribution < -0.4 is 5.32 Å². The van der Waals surface area contributed by atoms with Gasteiger partial charge in [-0.25, -0.2) is 4.79 Å². The lowest BCUT2D eigenvalue weighted by Gasteiger charge is -2.04. The van der Waals surface area contributed by atoms with Crippen LogP contribution in [-0.4, -0.2) is 28.8 Å². The molecule has 1 heterocycles. The highest BCUT2D eigenvalue weighted by atomic mass is 16.5. The van der Waals surface area contributed by atoms with Crippen molar-refractivity contribution in [2.45, 2.75) is 32.7 Å². The van der Waals surface area contributed by atoms with Crippen LogP contribution in [0.3, 0.4) is 0 Å². The highest BCUT2D eigenvalue weighted by Crippen LogP contribution is 2.26. The van der Waals surface area contributed by atoms with Crippen LogP contribution in [0.5, 0.6) is 0 Å². The Morgan fingerprint density at radius 1 is 1.67 bits per heavy atom. The van der Waals surface area contributed by atoms with Crippen molar-refractivity contribution in [2.24, 2.45) is 0 Å². The molecule has 0 spiro atoms. The second kappa shape index (κ2) is 3.92. The number of aryl methyl sites for hydroxylation is 1. The summed E-state index contributed by atoms with van der Waals surface area (Å²) in [6.07, 6.45) is 2.29. The third-order valence-electron chi connectivity index (χ3n) is 2.34. The monoisotopic (exact) mass is 209 g/mol. The van der Waals surface area contributed by atoms with Gasteiger partial charge in [0.05, 0.1) is 6.61 Å². The van der Waals surface area contributed by atoms with Crippen molar-refractivity contribution >= 4 is 11.8 Å². The van der Waals surface area contributed by atoms with E-state index in [9.17, 15) is 4.79 Å². The van der Waals surface area contributed by atoms with E-state index in [0.717, 1.165) is 18.5 Å². The molecule has 0 aliphatic heterocycles. The first-order chi connectivity index (χ1) is 7.22. The van der Waals surface area contributed by atoms with E-state index in [1.54, 1.807) is 6.92 Å². The second-order valence-electron chi connectivity index (χ2n) is 3.71. The van der Waals surface area contributed by atoms with Gasteiger partial charge in [0.1, 0.15) is 5.56 Å². The van der Waals surface area contributed by atoms with Gasteiger partial charge in [0.25, 0.3) is 0 Å². The zero-order valence-electron chi connectivity index (χ0n) is 8.96. The van der Waals surface area contributed by atoms with Crippen molar-refractivity contribution < 1.29 is 9.53 Å². The molecule has 2 rings (SSSR count). The van der Waals surface area contributed by atoms with Crippen LogP contribution in [0, 0.1) is 6.92 Å². The predicted octanol–water partition coefficient (Wildman–Crippen LogP) is 1.47. The molecule has 82 valence electrons. The number of nitrogens with zero attached hydrogens (tertiary/aromatic N) is 1. The van der Waals surface area contributed by atoms with E-state index in [1.807, 2.05) is 6.92 Å². The number of H-pyrrole nitrogens is 1. The number of aromatic amines is 1. The molecular weight excluding hydrogens is 194 g/mol. The van der Waals surface area contributed by atoms with Crippen molar-refractivity contribution in [1.82, 2.24) is 10.2 Å². The predicted molar refractivity (Wildman–Crippen MR) is 55.9 cm³/mol. The van der Waals surface area contributed by atoms with Crippen molar-refractivity contribution in [3.63, 3.8) is 0 Å². The Morgan fingerprint density at radius 2 is 2.40 bits per heavy atom. The fourth-order valence-corrected chi connectivity index (χ4v) is 1.41. The van der Waals surface area contributed by atoms with Gasteiger partial charge in [-0.15, -0.1) is 0 Å². The molecule has 1 aliphatic carbocycles. The van der Waals surface area contributed by atoms with E-state index < -0.39 is 0 Å². The lowest BCUT2D eigenvalue weighted by Crippen LogP contribution is -2.10. The standard InChI is InChI=1S/C10H15N3O2/c1-3-15-10(14)8-6(2)12-13-9(8)11-7-4-5-7/h7H,3-5H2,1-2H3,(H2,11,12,13). The second-order valence-corrected chi connectivity index (χ2v) is 3.71. The summed E-state index contributed by atoms with van der Waals surface area (Å²) in [5.41, 5.74) is 1.28. The Balaban J connectivity index is 2.18. The van der Waals surface area contributed by atoms with Crippen LogP contribution in [0.1, 0.15) is 35.8 Å². The Hall–Kier alpha value is -1.52. The van der Waals surface area contributed by atoms with Gasteiger partial charge < -0.3 is 10.1 Å². The van der Waals surface area contributed by atoms with Gasteiger partial charge in [0.15, 0.2) is 5.82 Å². The molecule has 0 radical (unpaired) electrons. The minimum absolute atomic E-state index is 0.313. The van der Waals surface area contributed by atoms with Gasteiger partial charge in [-0.05, 0) is 26.7 Å². The Morgan fingerprint density at radius 3 is 3.00 bits per heavy atom. The number of nitrogens with one attached hydrogen (secondary N) is 2. The maximum atomic E-state index is 11.6. The number of carbonyl (C=O) groups excluding carboxylic acids is 1. The smallest absolute Gasteiger partial charge is 0.343 e. The molecular formula is C10H15N3O2. The molecule has 1 aromatic heterocycles. The van der Waals surface area contributed by atoms with Crippen molar-refractivity contribution in [1.29, 1.82) is 0 Å². The number of carbonyl (C=O) groups is 1. The van der Waals surface area contributed by atoms with Gasteiger partial charge in [-0.2, -0.15) is 5.10 Å². The molecule has 0 atom stereocenters. The molecule has 0 unspecified atom stereocenters. The number of aromatic nitrogens is 2. The summed E-state index contributed by atoms with van der Waals surface area (Å²) in [6, 6.07) is 0.473. The lowest BCUT2D eigenvalue weighted by molar-refractivity contribution is 0.0527. The van der Waals surface area contributed by atoms with Gasteiger partial charge >= 0.3 is 5.97 Å². The maximum Gasteiger partial charge on any atom is 0.343 e. The van der Waals surface area contributed by atoms with Crippen LogP contribution in [0.25, 0.3) is 0 Å². The molecule has 1 saturated carbocycles.